The quantitative estimate of drug-likeness (QED) is 0.612. The number of sulfonamides is 1. The van der Waals surface area contributed by atoms with Crippen LogP contribution in [0.1, 0.15) is 18.2 Å². The van der Waals surface area contributed by atoms with Gasteiger partial charge in [-0.25, -0.2) is 8.42 Å². The minimum absolute atomic E-state index is 0.0328. The zero-order chi connectivity index (χ0) is 19.8. The maximum absolute atomic E-state index is 12.7. The smallest absolute Gasteiger partial charge is 0.266 e. The Balaban J connectivity index is 1.85. The Morgan fingerprint density at radius 3 is 2.44 bits per heavy atom. The SMILES string of the molecule is CCn1cc(S(=O)(=O)Nc2nn(Cc3ccc(Cl)cc3Cl)cc2Cl)c(C)n1. The number of nitrogens with one attached hydrogen (secondary N) is 1. The lowest BCUT2D eigenvalue weighted by molar-refractivity contribution is 0.599. The van der Waals surface area contributed by atoms with Crippen molar-refractivity contribution in [1.29, 1.82) is 0 Å². The number of anilines is 1. The van der Waals surface area contributed by atoms with Crippen LogP contribution in [0.2, 0.25) is 15.1 Å². The van der Waals surface area contributed by atoms with Gasteiger partial charge in [0.25, 0.3) is 10.0 Å². The molecule has 1 N–H and O–H groups in total. The summed E-state index contributed by atoms with van der Waals surface area (Å²) >= 11 is 18.2. The highest BCUT2D eigenvalue weighted by atomic mass is 35.5. The van der Waals surface area contributed by atoms with E-state index in [0.717, 1.165) is 5.56 Å². The summed E-state index contributed by atoms with van der Waals surface area (Å²) in [5, 5.41) is 9.54. The first-order valence-electron chi connectivity index (χ1n) is 7.93. The average Bonchev–Trinajstić information content (AvgIpc) is 3.13. The molecule has 27 heavy (non-hydrogen) atoms. The summed E-state index contributed by atoms with van der Waals surface area (Å²) in [4.78, 5) is 0.0794. The average molecular weight is 449 g/mol. The second-order valence-electron chi connectivity index (χ2n) is 5.80. The molecule has 2 aromatic heterocycles. The molecule has 0 saturated carbocycles. The van der Waals surface area contributed by atoms with Gasteiger partial charge in [-0.1, -0.05) is 40.9 Å². The first-order valence-corrected chi connectivity index (χ1v) is 10.5. The minimum atomic E-state index is -3.87. The summed E-state index contributed by atoms with van der Waals surface area (Å²) in [6.45, 7) is 4.37. The highest BCUT2D eigenvalue weighted by Crippen LogP contribution is 2.26. The van der Waals surface area contributed by atoms with Gasteiger partial charge in [0, 0.05) is 29.0 Å². The van der Waals surface area contributed by atoms with Crippen LogP contribution in [-0.2, 0) is 23.1 Å². The summed E-state index contributed by atoms with van der Waals surface area (Å²) in [6.07, 6.45) is 2.99. The van der Waals surface area contributed by atoms with E-state index in [1.165, 1.54) is 17.1 Å². The van der Waals surface area contributed by atoms with Crippen molar-refractivity contribution in [3.05, 3.63) is 56.9 Å². The molecule has 0 aliphatic carbocycles. The summed E-state index contributed by atoms with van der Waals surface area (Å²) in [5.74, 6) is 0.0328. The molecule has 3 aromatic rings. The number of benzene rings is 1. The van der Waals surface area contributed by atoms with Crippen molar-refractivity contribution in [3.63, 3.8) is 0 Å². The van der Waals surface area contributed by atoms with Crippen molar-refractivity contribution >= 4 is 50.6 Å². The predicted octanol–water partition coefficient (Wildman–Crippen LogP) is 4.22. The second-order valence-corrected chi connectivity index (χ2v) is 8.70. The van der Waals surface area contributed by atoms with Crippen molar-refractivity contribution in [3.8, 4) is 0 Å². The van der Waals surface area contributed by atoms with Crippen LogP contribution in [0, 0.1) is 6.92 Å². The van der Waals surface area contributed by atoms with E-state index in [9.17, 15) is 8.42 Å². The third kappa shape index (κ3) is 4.40. The normalized spacial score (nSPS) is 11.7. The van der Waals surface area contributed by atoms with E-state index >= 15 is 0 Å². The molecule has 0 aliphatic heterocycles. The molecule has 11 heteroatoms. The lowest BCUT2D eigenvalue weighted by atomic mass is 10.2. The Hall–Kier alpha value is -1.74. The molecule has 1 aromatic carbocycles. The maximum atomic E-state index is 12.7. The van der Waals surface area contributed by atoms with Gasteiger partial charge in [0.15, 0.2) is 5.82 Å². The zero-order valence-electron chi connectivity index (χ0n) is 14.4. The van der Waals surface area contributed by atoms with Crippen LogP contribution < -0.4 is 4.72 Å². The minimum Gasteiger partial charge on any atom is -0.271 e. The topological polar surface area (TPSA) is 81.8 Å². The number of nitrogens with zero attached hydrogens (tertiary/aromatic N) is 4. The van der Waals surface area contributed by atoms with Gasteiger partial charge in [-0.15, -0.1) is 0 Å². The van der Waals surface area contributed by atoms with Crippen LogP contribution in [0.3, 0.4) is 0 Å². The van der Waals surface area contributed by atoms with E-state index in [1.54, 1.807) is 29.8 Å². The van der Waals surface area contributed by atoms with Gasteiger partial charge < -0.3 is 0 Å². The van der Waals surface area contributed by atoms with Crippen molar-refractivity contribution in [2.45, 2.75) is 31.8 Å². The van der Waals surface area contributed by atoms with Crippen LogP contribution in [0.25, 0.3) is 0 Å². The third-order valence-corrected chi connectivity index (χ3v) is 6.12. The molecule has 3 rings (SSSR count). The largest absolute Gasteiger partial charge is 0.271 e. The number of halogens is 3. The van der Waals surface area contributed by atoms with Gasteiger partial charge in [0.2, 0.25) is 0 Å². The second kappa shape index (κ2) is 7.71. The first kappa shape index (κ1) is 20.0. The molecular formula is C16H16Cl3N5O2S. The molecule has 0 saturated heterocycles. The molecule has 0 bridgehead atoms. The van der Waals surface area contributed by atoms with Crippen LogP contribution in [0.4, 0.5) is 5.82 Å². The van der Waals surface area contributed by atoms with Gasteiger partial charge in [0.05, 0.1) is 12.2 Å². The van der Waals surface area contributed by atoms with Gasteiger partial charge in [0.1, 0.15) is 9.92 Å². The van der Waals surface area contributed by atoms with Crippen molar-refractivity contribution in [2.24, 2.45) is 0 Å². The summed E-state index contributed by atoms with van der Waals surface area (Å²) < 4.78 is 30.8. The Morgan fingerprint density at radius 2 is 1.81 bits per heavy atom. The van der Waals surface area contributed by atoms with Crippen LogP contribution in [0.5, 0.6) is 0 Å². The van der Waals surface area contributed by atoms with Crippen LogP contribution >= 0.6 is 34.8 Å². The zero-order valence-corrected chi connectivity index (χ0v) is 17.5. The monoisotopic (exact) mass is 447 g/mol. The molecule has 0 aliphatic rings. The Labute approximate surface area is 171 Å². The van der Waals surface area contributed by atoms with E-state index < -0.39 is 10.0 Å². The van der Waals surface area contributed by atoms with Gasteiger partial charge in [-0.2, -0.15) is 10.2 Å². The number of hydrogen-bond donors (Lipinski definition) is 1. The molecular weight excluding hydrogens is 433 g/mol. The van der Waals surface area contributed by atoms with Crippen LogP contribution in [0.15, 0.2) is 35.5 Å². The molecule has 0 fully saturated rings. The highest BCUT2D eigenvalue weighted by Gasteiger charge is 2.23. The number of aryl methyl sites for hydroxylation is 2. The summed E-state index contributed by atoms with van der Waals surface area (Å²) in [5.41, 5.74) is 1.17. The van der Waals surface area contributed by atoms with Crippen molar-refractivity contribution in [1.82, 2.24) is 19.6 Å². The lowest BCUT2D eigenvalue weighted by Gasteiger charge is -2.06. The van der Waals surface area contributed by atoms with E-state index in [1.807, 2.05) is 6.92 Å². The standard InChI is InChI=1S/C16H16Cl3N5O2S/c1-3-23-9-15(10(2)20-23)27(25,26)22-16-14(19)8-24(21-16)7-11-4-5-12(17)6-13(11)18/h4-6,8-9H,3,7H2,1-2H3,(H,21,22). The molecule has 2 heterocycles. The fourth-order valence-electron chi connectivity index (χ4n) is 2.48. The van der Waals surface area contributed by atoms with Gasteiger partial charge in [-0.05, 0) is 31.5 Å². The lowest BCUT2D eigenvalue weighted by Crippen LogP contribution is -2.14. The fourth-order valence-corrected chi connectivity index (χ4v) is 4.41. The maximum Gasteiger partial charge on any atom is 0.266 e. The van der Waals surface area contributed by atoms with Crippen LogP contribution in [-0.4, -0.2) is 28.0 Å². The Bertz CT molecular complexity index is 1090. The molecule has 0 radical (unpaired) electrons. The van der Waals surface area contributed by atoms with Gasteiger partial charge in [-0.3, -0.25) is 14.1 Å². The van der Waals surface area contributed by atoms with E-state index in [0.29, 0.717) is 28.8 Å². The van der Waals surface area contributed by atoms with Gasteiger partial charge >= 0.3 is 0 Å². The molecule has 7 nitrogen and oxygen atoms in total. The first-order chi connectivity index (χ1) is 12.7. The number of rotatable bonds is 6. The summed E-state index contributed by atoms with van der Waals surface area (Å²) in [6, 6.07) is 5.11. The highest BCUT2D eigenvalue weighted by molar-refractivity contribution is 7.92. The Kier molecular flexibility index (Phi) is 5.71. The van der Waals surface area contributed by atoms with E-state index in [-0.39, 0.29) is 15.7 Å². The molecule has 0 spiro atoms. The van der Waals surface area contributed by atoms with E-state index in [2.05, 4.69) is 14.9 Å². The number of aromatic nitrogens is 4. The molecule has 0 amide bonds. The predicted molar refractivity (Wildman–Crippen MR) is 106 cm³/mol. The number of hydrogen-bond acceptors (Lipinski definition) is 4. The van der Waals surface area contributed by atoms with Crippen molar-refractivity contribution in [2.75, 3.05) is 4.72 Å². The van der Waals surface area contributed by atoms with E-state index in [4.69, 9.17) is 34.8 Å². The van der Waals surface area contributed by atoms with Crippen molar-refractivity contribution < 1.29 is 8.42 Å². The third-order valence-electron chi connectivity index (χ3n) is 3.81. The molecule has 0 unspecified atom stereocenters. The molecule has 144 valence electrons. The Morgan fingerprint density at radius 1 is 1.07 bits per heavy atom. The fraction of sp³-hybridized carbons (Fsp3) is 0.250. The molecule has 0 atom stereocenters. The summed E-state index contributed by atoms with van der Waals surface area (Å²) in [7, 11) is -3.87.